The van der Waals surface area contributed by atoms with Crippen molar-refractivity contribution in [2.45, 2.75) is 33.1 Å². The van der Waals surface area contributed by atoms with Gasteiger partial charge in [-0.3, -0.25) is 0 Å². The molecule has 1 atom stereocenters. The third-order valence-electron chi connectivity index (χ3n) is 3.41. The molecule has 1 aromatic heterocycles. The van der Waals surface area contributed by atoms with Crippen LogP contribution in [0.5, 0.6) is 0 Å². The van der Waals surface area contributed by atoms with E-state index < -0.39 is 0 Å². The first-order valence-electron chi connectivity index (χ1n) is 5.76. The molecule has 0 bridgehead atoms. The standard InChI is InChI=1S/C14H16FNO/c1-8(4-5-17)11-6-12-9(2)10(3)16-14(12)13(15)7-11/h5-8,16H,4H2,1-3H3. The SMILES string of the molecule is Cc1[nH]c2c(F)cc(C(C)CC=O)cc2c1C. The summed E-state index contributed by atoms with van der Waals surface area (Å²) in [5.74, 6) is -0.188. The van der Waals surface area contributed by atoms with E-state index in [1.54, 1.807) is 0 Å². The van der Waals surface area contributed by atoms with Gasteiger partial charge in [-0.25, -0.2) is 4.39 Å². The van der Waals surface area contributed by atoms with Crippen molar-refractivity contribution in [1.29, 1.82) is 0 Å². The number of hydrogen-bond acceptors (Lipinski definition) is 1. The predicted octanol–water partition coefficient (Wildman–Crippen LogP) is 3.62. The fourth-order valence-corrected chi connectivity index (χ4v) is 2.10. The Kier molecular flexibility index (Phi) is 3.01. The van der Waals surface area contributed by atoms with Crippen molar-refractivity contribution in [2.24, 2.45) is 0 Å². The van der Waals surface area contributed by atoms with Crippen molar-refractivity contribution in [2.75, 3.05) is 0 Å². The molecule has 1 unspecified atom stereocenters. The second-order valence-electron chi connectivity index (χ2n) is 4.60. The van der Waals surface area contributed by atoms with Crippen LogP contribution in [-0.4, -0.2) is 11.3 Å². The van der Waals surface area contributed by atoms with Crippen LogP contribution in [0.3, 0.4) is 0 Å². The van der Waals surface area contributed by atoms with E-state index in [0.717, 1.165) is 28.5 Å². The number of carbonyl (C=O) groups is 1. The monoisotopic (exact) mass is 233 g/mol. The summed E-state index contributed by atoms with van der Waals surface area (Å²) in [5.41, 5.74) is 3.49. The summed E-state index contributed by atoms with van der Waals surface area (Å²) in [6, 6.07) is 3.50. The quantitative estimate of drug-likeness (QED) is 0.807. The number of aromatic nitrogens is 1. The zero-order chi connectivity index (χ0) is 12.6. The Labute approximate surface area is 99.8 Å². The lowest BCUT2D eigenvalue weighted by molar-refractivity contribution is -0.108. The highest BCUT2D eigenvalue weighted by Gasteiger charge is 2.13. The number of benzene rings is 1. The number of hydrogen-bond donors (Lipinski definition) is 1. The second kappa shape index (κ2) is 4.32. The average Bonchev–Trinajstić information content (AvgIpc) is 2.57. The largest absolute Gasteiger partial charge is 0.356 e. The summed E-state index contributed by atoms with van der Waals surface area (Å²) in [4.78, 5) is 13.6. The Balaban J connectivity index is 2.61. The highest BCUT2D eigenvalue weighted by atomic mass is 19.1. The second-order valence-corrected chi connectivity index (χ2v) is 4.60. The molecule has 0 aliphatic heterocycles. The maximum absolute atomic E-state index is 13.9. The summed E-state index contributed by atoms with van der Waals surface area (Å²) in [7, 11) is 0. The van der Waals surface area contributed by atoms with Crippen LogP contribution in [-0.2, 0) is 4.79 Å². The number of halogens is 1. The van der Waals surface area contributed by atoms with Gasteiger partial charge in [-0.15, -0.1) is 0 Å². The van der Waals surface area contributed by atoms with Crippen LogP contribution >= 0.6 is 0 Å². The molecular weight excluding hydrogens is 217 g/mol. The highest BCUT2D eigenvalue weighted by Crippen LogP contribution is 2.29. The third kappa shape index (κ3) is 1.97. The van der Waals surface area contributed by atoms with Crippen LogP contribution in [0.2, 0.25) is 0 Å². The van der Waals surface area contributed by atoms with Gasteiger partial charge in [-0.05, 0) is 43.0 Å². The minimum absolute atomic E-state index is 0.0565. The Bertz CT molecular complexity index is 571. The van der Waals surface area contributed by atoms with Gasteiger partial charge in [0.25, 0.3) is 0 Å². The molecule has 90 valence electrons. The lowest BCUT2D eigenvalue weighted by atomic mass is 9.96. The maximum atomic E-state index is 13.9. The van der Waals surface area contributed by atoms with Crippen molar-refractivity contribution in [3.63, 3.8) is 0 Å². The summed E-state index contributed by atoms with van der Waals surface area (Å²) < 4.78 is 13.9. The van der Waals surface area contributed by atoms with E-state index in [1.165, 1.54) is 6.07 Å². The maximum Gasteiger partial charge on any atom is 0.147 e. The van der Waals surface area contributed by atoms with Gasteiger partial charge in [-0.1, -0.05) is 6.92 Å². The molecule has 0 saturated heterocycles. The summed E-state index contributed by atoms with van der Waals surface area (Å²) in [6.45, 7) is 5.84. The number of aryl methyl sites for hydroxylation is 2. The number of rotatable bonds is 3. The van der Waals surface area contributed by atoms with Gasteiger partial charge in [0, 0.05) is 17.5 Å². The Hall–Kier alpha value is -1.64. The van der Waals surface area contributed by atoms with E-state index in [2.05, 4.69) is 4.98 Å². The molecule has 2 rings (SSSR count). The van der Waals surface area contributed by atoms with E-state index >= 15 is 0 Å². The molecule has 1 N–H and O–H groups in total. The van der Waals surface area contributed by atoms with E-state index in [1.807, 2.05) is 26.8 Å². The molecule has 0 radical (unpaired) electrons. The van der Waals surface area contributed by atoms with E-state index in [-0.39, 0.29) is 11.7 Å². The molecule has 0 fully saturated rings. The molecule has 2 aromatic rings. The van der Waals surface area contributed by atoms with Crippen LogP contribution in [0.25, 0.3) is 10.9 Å². The van der Waals surface area contributed by atoms with Crippen molar-refractivity contribution in [3.8, 4) is 0 Å². The first kappa shape index (κ1) is 11.8. The van der Waals surface area contributed by atoms with E-state index in [4.69, 9.17) is 0 Å². The van der Waals surface area contributed by atoms with Gasteiger partial charge in [0.05, 0.1) is 5.52 Å². The first-order chi connectivity index (χ1) is 8.04. The van der Waals surface area contributed by atoms with Crippen molar-refractivity contribution in [1.82, 2.24) is 4.98 Å². The lowest BCUT2D eigenvalue weighted by Crippen LogP contribution is -1.95. The summed E-state index contributed by atoms with van der Waals surface area (Å²) >= 11 is 0. The molecule has 17 heavy (non-hydrogen) atoms. The number of carbonyl (C=O) groups excluding carboxylic acids is 1. The van der Waals surface area contributed by atoms with E-state index in [0.29, 0.717) is 11.9 Å². The first-order valence-corrected chi connectivity index (χ1v) is 5.76. The Morgan fingerprint density at radius 1 is 1.41 bits per heavy atom. The predicted molar refractivity (Wildman–Crippen MR) is 66.8 cm³/mol. The van der Waals surface area contributed by atoms with Crippen LogP contribution in [0.4, 0.5) is 4.39 Å². The van der Waals surface area contributed by atoms with Gasteiger partial charge < -0.3 is 9.78 Å². The molecule has 0 spiro atoms. The van der Waals surface area contributed by atoms with Gasteiger partial charge in [0.2, 0.25) is 0 Å². The number of aromatic amines is 1. The zero-order valence-corrected chi connectivity index (χ0v) is 10.3. The van der Waals surface area contributed by atoms with Gasteiger partial charge in [0.1, 0.15) is 12.1 Å². The molecule has 0 amide bonds. The number of H-pyrrole nitrogens is 1. The molecule has 0 saturated carbocycles. The van der Waals surface area contributed by atoms with Gasteiger partial charge in [0.15, 0.2) is 0 Å². The minimum Gasteiger partial charge on any atom is -0.356 e. The minimum atomic E-state index is -0.244. The van der Waals surface area contributed by atoms with Crippen LogP contribution in [0, 0.1) is 19.7 Å². The lowest BCUT2D eigenvalue weighted by Gasteiger charge is -2.09. The molecule has 2 nitrogen and oxygen atoms in total. The Morgan fingerprint density at radius 3 is 2.76 bits per heavy atom. The normalized spacial score (nSPS) is 12.9. The third-order valence-corrected chi connectivity index (χ3v) is 3.41. The van der Waals surface area contributed by atoms with Crippen LogP contribution in [0.1, 0.15) is 36.1 Å². The highest BCUT2D eigenvalue weighted by molar-refractivity contribution is 5.85. The molecular formula is C14H16FNO. The number of fused-ring (bicyclic) bond motifs is 1. The molecule has 3 heteroatoms. The molecule has 0 aliphatic carbocycles. The van der Waals surface area contributed by atoms with Gasteiger partial charge in [-0.2, -0.15) is 0 Å². The van der Waals surface area contributed by atoms with Crippen molar-refractivity contribution >= 4 is 17.2 Å². The molecule has 1 heterocycles. The van der Waals surface area contributed by atoms with Crippen LogP contribution in [0.15, 0.2) is 12.1 Å². The smallest absolute Gasteiger partial charge is 0.147 e. The number of aldehydes is 1. The zero-order valence-electron chi connectivity index (χ0n) is 10.3. The fourth-order valence-electron chi connectivity index (χ4n) is 2.10. The number of nitrogens with one attached hydrogen (secondary N) is 1. The fraction of sp³-hybridized carbons (Fsp3) is 0.357. The molecule has 0 aliphatic rings. The summed E-state index contributed by atoms with van der Waals surface area (Å²) in [5, 5.41) is 0.912. The average molecular weight is 233 g/mol. The van der Waals surface area contributed by atoms with E-state index in [9.17, 15) is 9.18 Å². The Morgan fingerprint density at radius 2 is 2.12 bits per heavy atom. The summed E-state index contributed by atoms with van der Waals surface area (Å²) in [6.07, 6.45) is 1.30. The molecule has 1 aromatic carbocycles. The van der Waals surface area contributed by atoms with Crippen molar-refractivity contribution < 1.29 is 9.18 Å². The van der Waals surface area contributed by atoms with Crippen molar-refractivity contribution in [3.05, 3.63) is 34.8 Å². The topological polar surface area (TPSA) is 32.9 Å². The van der Waals surface area contributed by atoms with Gasteiger partial charge >= 0.3 is 0 Å². The van der Waals surface area contributed by atoms with Crippen LogP contribution < -0.4 is 0 Å².